The molecule has 0 radical (unpaired) electrons. The first-order valence-corrected chi connectivity index (χ1v) is 5.99. The minimum absolute atomic E-state index is 0.0555. The van der Waals surface area contributed by atoms with Crippen LogP contribution in [0.1, 0.15) is 18.2 Å². The third-order valence-corrected chi connectivity index (χ3v) is 3.11. The van der Waals surface area contributed by atoms with Gasteiger partial charge in [0.1, 0.15) is 0 Å². The lowest BCUT2D eigenvalue weighted by Gasteiger charge is -2.07. The van der Waals surface area contributed by atoms with E-state index in [0.717, 1.165) is 4.88 Å². The van der Waals surface area contributed by atoms with Crippen molar-refractivity contribution in [2.24, 2.45) is 5.92 Å². The SMILES string of the molecule is C[C@H](CCNC(=O)Cc1cccs1)C(=O)O. The monoisotopic (exact) mass is 241 g/mol. The van der Waals surface area contributed by atoms with Crippen molar-refractivity contribution in [3.05, 3.63) is 22.4 Å². The Kier molecular flexibility index (Phi) is 4.98. The molecule has 0 aromatic carbocycles. The maximum atomic E-state index is 11.4. The second-order valence-corrected chi connectivity index (χ2v) is 4.67. The molecule has 1 heterocycles. The van der Waals surface area contributed by atoms with Crippen molar-refractivity contribution in [2.45, 2.75) is 19.8 Å². The van der Waals surface area contributed by atoms with Gasteiger partial charge in [-0.2, -0.15) is 0 Å². The van der Waals surface area contributed by atoms with Crippen LogP contribution in [0, 0.1) is 5.92 Å². The molecule has 1 aromatic heterocycles. The molecule has 88 valence electrons. The summed E-state index contributed by atoms with van der Waals surface area (Å²) in [5.41, 5.74) is 0. The van der Waals surface area contributed by atoms with Crippen LogP contribution in [0.15, 0.2) is 17.5 Å². The standard InChI is InChI=1S/C11H15NO3S/c1-8(11(14)15)4-5-12-10(13)7-9-3-2-6-16-9/h2-3,6,8H,4-5,7H2,1H3,(H,12,13)(H,14,15)/t8-/m1/s1. The smallest absolute Gasteiger partial charge is 0.306 e. The van der Waals surface area contributed by atoms with Crippen LogP contribution >= 0.6 is 11.3 Å². The first kappa shape index (κ1) is 12.7. The second kappa shape index (κ2) is 6.27. The number of aliphatic carboxylic acids is 1. The van der Waals surface area contributed by atoms with E-state index in [4.69, 9.17) is 5.11 Å². The zero-order valence-corrected chi connectivity index (χ0v) is 9.92. The fraction of sp³-hybridized carbons (Fsp3) is 0.455. The van der Waals surface area contributed by atoms with E-state index in [-0.39, 0.29) is 5.91 Å². The van der Waals surface area contributed by atoms with Crippen LogP contribution in [0.25, 0.3) is 0 Å². The molecule has 5 heteroatoms. The molecule has 0 fully saturated rings. The zero-order valence-electron chi connectivity index (χ0n) is 9.10. The minimum Gasteiger partial charge on any atom is -0.481 e. The molecule has 0 aliphatic heterocycles. The molecule has 0 spiro atoms. The quantitative estimate of drug-likeness (QED) is 0.793. The van der Waals surface area contributed by atoms with E-state index in [1.165, 1.54) is 0 Å². The van der Waals surface area contributed by atoms with Gasteiger partial charge in [0.25, 0.3) is 0 Å². The summed E-state index contributed by atoms with van der Waals surface area (Å²) >= 11 is 1.54. The molecule has 0 saturated heterocycles. The van der Waals surface area contributed by atoms with Gasteiger partial charge in [-0.1, -0.05) is 13.0 Å². The maximum Gasteiger partial charge on any atom is 0.306 e. The van der Waals surface area contributed by atoms with E-state index < -0.39 is 11.9 Å². The lowest BCUT2D eigenvalue weighted by atomic mass is 10.1. The highest BCUT2D eigenvalue weighted by molar-refractivity contribution is 7.10. The Bertz CT molecular complexity index is 348. The van der Waals surface area contributed by atoms with E-state index >= 15 is 0 Å². The Hall–Kier alpha value is -1.36. The van der Waals surface area contributed by atoms with Gasteiger partial charge in [-0.15, -0.1) is 11.3 Å². The minimum atomic E-state index is -0.826. The van der Waals surface area contributed by atoms with Gasteiger partial charge in [0.05, 0.1) is 12.3 Å². The van der Waals surface area contributed by atoms with Gasteiger partial charge in [0.2, 0.25) is 5.91 Å². The summed E-state index contributed by atoms with van der Waals surface area (Å²) in [5.74, 6) is -1.30. The Morgan fingerprint density at radius 3 is 2.88 bits per heavy atom. The van der Waals surface area contributed by atoms with Gasteiger partial charge >= 0.3 is 5.97 Å². The predicted octanol–water partition coefficient (Wildman–Crippen LogP) is 1.52. The maximum absolute atomic E-state index is 11.4. The third-order valence-electron chi connectivity index (χ3n) is 2.24. The van der Waals surface area contributed by atoms with Crippen molar-refractivity contribution < 1.29 is 14.7 Å². The first-order valence-electron chi connectivity index (χ1n) is 5.11. The summed E-state index contributed by atoms with van der Waals surface area (Å²) in [5, 5.41) is 13.3. The molecular weight excluding hydrogens is 226 g/mol. The van der Waals surface area contributed by atoms with Gasteiger partial charge in [0.15, 0.2) is 0 Å². The summed E-state index contributed by atoms with van der Waals surface area (Å²) in [6.45, 7) is 2.05. The van der Waals surface area contributed by atoms with Gasteiger partial charge < -0.3 is 10.4 Å². The Labute approximate surface area is 98.3 Å². The van der Waals surface area contributed by atoms with Crippen molar-refractivity contribution in [3.63, 3.8) is 0 Å². The first-order chi connectivity index (χ1) is 7.59. The number of thiophene rings is 1. The van der Waals surface area contributed by atoms with Crippen molar-refractivity contribution >= 4 is 23.2 Å². The molecule has 0 bridgehead atoms. The Morgan fingerprint density at radius 2 is 2.31 bits per heavy atom. The molecule has 0 aliphatic rings. The highest BCUT2D eigenvalue weighted by Crippen LogP contribution is 2.08. The van der Waals surface area contributed by atoms with Crippen molar-refractivity contribution in [2.75, 3.05) is 6.54 Å². The van der Waals surface area contributed by atoms with E-state index in [0.29, 0.717) is 19.4 Å². The number of rotatable bonds is 6. The average Bonchev–Trinajstić information content (AvgIpc) is 2.70. The van der Waals surface area contributed by atoms with Gasteiger partial charge in [-0.3, -0.25) is 9.59 Å². The van der Waals surface area contributed by atoms with Gasteiger partial charge in [-0.25, -0.2) is 0 Å². The van der Waals surface area contributed by atoms with Crippen LogP contribution in [0.4, 0.5) is 0 Å². The number of hydrogen-bond donors (Lipinski definition) is 2. The summed E-state index contributed by atoms with van der Waals surface area (Å²) < 4.78 is 0. The summed E-state index contributed by atoms with van der Waals surface area (Å²) in [4.78, 5) is 22.9. The normalized spacial score (nSPS) is 12.1. The average molecular weight is 241 g/mol. The van der Waals surface area contributed by atoms with Crippen LogP contribution in [-0.4, -0.2) is 23.5 Å². The number of carboxylic acid groups (broad SMARTS) is 1. The summed E-state index contributed by atoms with van der Waals surface area (Å²) in [6.07, 6.45) is 0.838. The van der Waals surface area contributed by atoms with Crippen molar-refractivity contribution in [1.29, 1.82) is 0 Å². The predicted molar refractivity (Wildman–Crippen MR) is 62.4 cm³/mol. The van der Waals surface area contributed by atoms with Crippen LogP contribution in [0.5, 0.6) is 0 Å². The highest BCUT2D eigenvalue weighted by atomic mass is 32.1. The number of amides is 1. The number of carboxylic acids is 1. The van der Waals surface area contributed by atoms with Crippen LogP contribution in [-0.2, 0) is 16.0 Å². The van der Waals surface area contributed by atoms with Crippen LogP contribution < -0.4 is 5.32 Å². The number of carbonyl (C=O) groups is 2. The topological polar surface area (TPSA) is 66.4 Å². The molecular formula is C11H15NO3S. The largest absolute Gasteiger partial charge is 0.481 e. The molecule has 1 atom stereocenters. The molecule has 4 nitrogen and oxygen atoms in total. The fourth-order valence-electron chi connectivity index (χ4n) is 1.19. The molecule has 2 N–H and O–H groups in total. The molecule has 1 amide bonds. The summed E-state index contributed by atoms with van der Waals surface area (Å²) in [6, 6.07) is 3.81. The Balaban J connectivity index is 2.18. The lowest BCUT2D eigenvalue weighted by molar-refractivity contribution is -0.141. The Morgan fingerprint density at radius 1 is 1.56 bits per heavy atom. The van der Waals surface area contributed by atoms with Crippen molar-refractivity contribution in [1.82, 2.24) is 5.32 Å². The summed E-state index contributed by atoms with van der Waals surface area (Å²) in [7, 11) is 0. The molecule has 16 heavy (non-hydrogen) atoms. The fourth-order valence-corrected chi connectivity index (χ4v) is 1.89. The van der Waals surface area contributed by atoms with Crippen molar-refractivity contribution in [3.8, 4) is 0 Å². The van der Waals surface area contributed by atoms with Crippen LogP contribution in [0.2, 0.25) is 0 Å². The molecule has 1 rings (SSSR count). The van der Waals surface area contributed by atoms with Gasteiger partial charge in [-0.05, 0) is 17.9 Å². The van der Waals surface area contributed by atoms with Crippen LogP contribution in [0.3, 0.4) is 0 Å². The second-order valence-electron chi connectivity index (χ2n) is 3.63. The van der Waals surface area contributed by atoms with E-state index in [9.17, 15) is 9.59 Å². The van der Waals surface area contributed by atoms with E-state index in [2.05, 4.69) is 5.32 Å². The van der Waals surface area contributed by atoms with E-state index in [1.54, 1.807) is 18.3 Å². The molecule has 0 unspecified atom stereocenters. The molecule has 0 saturated carbocycles. The lowest BCUT2D eigenvalue weighted by Crippen LogP contribution is -2.28. The van der Waals surface area contributed by atoms with Gasteiger partial charge in [0, 0.05) is 11.4 Å². The number of nitrogens with one attached hydrogen (secondary N) is 1. The van der Waals surface area contributed by atoms with E-state index in [1.807, 2.05) is 17.5 Å². The molecule has 0 aliphatic carbocycles. The zero-order chi connectivity index (χ0) is 12.0. The highest BCUT2D eigenvalue weighted by Gasteiger charge is 2.11. The third kappa shape index (κ3) is 4.44. The number of hydrogen-bond acceptors (Lipinski definition) is 3. The molecule has 1 aromatic rings. The number of carbonyl (C=O) groups excluding carboxylic acids is 1.